The van der Waals surface area contributed by atoms with Crippen LogP contribution in [0.4, 0.5) is 4.39 Å². The van der Waals surface area contributed by atoms with Gasteiger partial charge in [0.05, 0.1) is 20.3 Å². The first-order chi connectivity index (χ1) is 17.3. The van der Waals surface area contributed by atoms with Gasteiger partial charge in [0.25, 0.3) is 0 Å². The number of nitrogens with zero attached hydrogens (tertiary/aromatic N) is 1. The highest BCUT2D eigenvalue weighted by Crippen LogP contribution is 2.47. The van der Waals surface area contributed by atoms with E-state index in [1.54, 1.807) is 33.3 Å². The summed E-state index contributed by atoms with van der Waals surface area (Å²) in [7, 11) is 3.15. The van der Waals surface area contributed by atoms with Gasteiger partial charge in [-0.25, -0.2) is 4.39 Å². The van der Waals surface area contributed by atoms with Crippen molar-refractivity contribution in [2.24, 2.45) is 10.9 Å². The fraction of sp³-hybridized carbons (Fsp3) is 0.414. The molecule has 1 unspecified atom stereocenters. The van der Waals surface area contributed by atoms with E-state index in [0.29, 0.717) is 46.9 Å². The van der Waals surface area contributed by atoms with Gasteiger partial charge in [-0.15, -0.1) is 0 Å². The van der Waals surface area contributed by atoms with Crippen LogP contribution in [0.2, 0.25) is 0 Å². The number of rotatable bonds is 7. The Kier molecular flexibility index (Phi) is 7.57. The first-order valence-electron chi connectivity index (χ1n) is 12.3. The molecule has 0 fully saturated rings. The molecule has 4 rings (SSSR count). The molecular formula is C29H32FNO5. The third-order valence-electron chi connectivity index (χ3n) is 7.12. The van der Waals surface area contributed by atoms with Crippen LogP contribution >= 0.6 is 0 Å². The van der Waals surface area contributed by atoms with E-state index in [0.717, 1.165) is 5.56 Å². The Bertz CT molecular complexity index is 1230. The molecule has 1 heterocycles. The Hall–Kier alpha value is -3.48. The summed E-state index contributed by atoms with van der Waals surface area (Å²) >= 11 is 0. The average Bonchev–Trinajstić information content (AvgIpc) is 2.86. The Balaban J connectivity index is 1.77. The van der Waals surface area contributed by atoms with Gasteiger partial charge >= 0.3 is 5.97 Å². The van der Waals surface area contributed by atoms with E-state index >= 15 is 0 Å². The molecule has 0 amide bonds. The second-order valence-electron chi connectivity index (χ2n) is 9.42. The molecule has 1 aliphatic heterocycles. The fourth-order valence-electron chi connectivity index (χ4n) is 5.12. The predicted octanol–water partition coefficient (Wildman–Crippen LogP) is 5.76. The number of carbonyl (C=O) groups excluding carboxylic acids is 2. The maximum atomic E-state index is 14.3. The van der Waals surface area contributed by atoms with Crippen LogP contribution in [0, 0.1) is 11.7 Å². The number of esters is 1. The maximum absolute atomic E-state index is 14.3. The lowest BCUT2D eigenvalue weighted by atomic mass is 9.69. The van der Waals surface area contributed by atoms with E-state index in [1.165, 1.54) is 12.1 Å². The van der Waals surface area contributed by atoms with Crippen LogP contribution in [0.3, 0.4) is 0 Å². The number of allylic oxidation sites excluding steroid dienone is 2. The van der Waals surface area contributed by atoms with E-state index in [9.17, 15) is 14.0 Å². The van der Waals surface area contributed by atoms with Crippen molar-refractivity contribution in [1.29, 1.82) is 0 Å². The van der Waals surface area contributed by atoms with Gasteiger partial charge in [0.2, 0.25) is 0 Å². The van der Waals surface area contributed by atoms with E-state index in [1.807, 2.05) is 32.0 Å². The first kappa shape index (κ1) is 25.6. The van der Waals surface area contributed by atoms with E-state index in [2.05, 4.69) is 0 Å². The Morgan fingerprint density at radius 3 is 2.50 bits per heavy atom. The Morgan fingerprint density at radius 1 is 1.08 bits per heavy atom. The third-order valence-corrected chi connectivity index (χ3v) is 7.12. The lowest BCUT2D eigenvalue weighted by molar-refractivity contribution is -0.151. The largest absolute Gasteiger partial charge is 0.493 e. The smallest absolute Gasteiger partial charge is 0.315 e. The highest BCUT2D eigenvalue weighted by molar-refractivity contribution is 6.09. The standard InChI is InChI=1S/C29H32FNO5/c1-6-16(2)36-29(33)26-17(3)31-22-13-20(18-10-11-24(34-4)25(15-18)35-5)14-23(32)28(22)27(26)19-8-7-9-21(30)12-19/h7-12,15-16,20,26-27H,6,13-14H2,1-5H3/t16-,20+,26?,27-/m0/s1. The number of benzene rings is 2. The molecule has 0 spiro atoms. The molecule has 0 aromatic heterocycles. The summed E-state index contributed by atoms with van der Waals surface area (Å²) in [5, 5.41) is 0. The highest BCUT2D eigenvalue weighted by atomic mass is 19.1. The normalized spacial score (nSPS) is 22.4. The minimum absolute atomic E-state index is 0.0945. The Morgan fingerprint density at radius 2 is 1.83 bits per heavy atom. The summed E-state index contributed by atoms with van der Waals surface area (Å²) in [6.07, 6.45) is 1.17. The van der Waals surface area contributed by atoms with Crippen molar-refractivity contribution >= 4 is 17.5 Å². The molecule has 4 atom stereocenters. The van der Waals surface area contributed by atoms with Crippen LogP contribution in [0.15, 0.2) is 58.7 Å². The summed E-state index contributed by atoms with van der Waals surface area (Å²) in [4.78, 5) is 31.7. The molecule has 0 bridgehead atoms. The van der Waals surface area contributed by atoms with Gasteiger partial charge in [-0.2, -0.15) is 0 Å². The van der Waals surface area contributed by atoms with Crippen molar-refractivity contribution in [3.05, 3.63) is 70.7 Å². The minimum atomic E-state index is -0.791. The van der Waals surface area contributed by atoms with Gasteiger partial charge in [-0.3, -0.25) is 14.6 Å². The van der Waals surface area contributed by atoms with Crippen LogP contribution in [0.25, 0.3) is 0 Å². The second-order valence-corrected chi connectivity index (χ2v) is 9.42. The number of halogens is 1. The van der Waals surface area contributed by atoms with Gasteiger partial charge in [0.15, 0.2) is 17.3 Å². The first-order valence-corrected chi connectivity index (χ1v) is 12.3. The SMILES string of the molecule is CC[C@H](C)OC(=O)C1C(C)=NC2=C(C(=O)C[C@H](c3ccc(OC)c(OC)c3)C2)[C@H]1c1cccc(F)c1. The number of Topliss-reactive ketones (excluding diaryl/α,β-unsaturated/α-hetero) is 1. The zero-order chi connectivity index (χ0) is 26.0. The number of methoxy groups -OCH3 is 2. The molecule has 2 aliphatic rings. The van der Waals surface area contributed by atoms with Crippen LogP contribution in [-0.4, -0.2) is 37.8 Å². The predicted molar refractivity (Wildman–Crippen MR) is 135 cm³/mol. The highest BCUT2D eigenvalue weighted by Gasteiger charge is 2.45. The summed E-state index contributed by atoms with van der Waals surface area (Å²) in [6.45, 7) is 5.54. The number of carbonyl (C=O) groups is 2. The minimum Gasteiger partial charge on any atom is -0.493 e. The maximum Gasteiger partial charge on any atom is 0.315 e. The lowest BCUT2D eigenvalue weighted by Gasteiger charge is -2.37. The van der Waals surface area contributed by atoms with Crippen LogP contribution in [0.1, 0.15) is 63.0 Å². The zero-order valence-corrected chi connectivity index (χ0v) is 21.3. The summed E-state index contributed by atoms with van der Waals surface area (Å²) in [5.41, 5.74) is 3.21. The van der Waals surface area contributed by atoms with Gasteiger partial charge in [-0.1, -0.05) is 25.1 Å². The third kappa shape index (κ3) is 4.92. The number of aliphatic imine (C=N–C) groups is 1. The molecule has 0 radical (unpaired) electrons. The molecular weight excluding hydrogens is 461 g/mol. The van der Waals surface area contributed by atoms with E-state index in [4.69, 9.17) is 19.2 Å². The van der Waals surface area contributed by atoms with Gasteiger partial charge in [-0.05, 0) is 68.0 Å². The molecule has 6 nitrogen and oxygen atoms in total. The number of ether oxygens (including phenoxy) is 3. The molecule has 7 heteroatoms. The molecule has 190 valence electrons. The molecule has 0 saturated heterocycles. The van der Waals surface area contributed by atoms with E-state index < -0.39 is 23.6 Å². The summed E-state index contributed by atoms with van der Waals surface area (Å²) in [5.74, 6) is -1.30. The van der Waals surface area contributed by atoms with Gasteiger partial charge in [0, 0.05) is 29.3 Å². The second kappa shape index (κ2) is 10.6. The summed E-state index contributed by atoms with van der Waals surface area (Å²) < 4.78 is 30.7. The van der Waals surface area contributed by atoms with Crippen molar-refractivity contribution in [2.45, 2.75) is 58.0 Å². The molecule has 2 aromatic rings. The monoisotopic (exact) mass is 493 g/mol. The van der Waals surface area contributed by atoms with Crippen molar-refractivity contribution in [1.82, 2.24) is 0 Å². The van der Waals surface area contributed by atoms with E-state index in [-0.39, 0.29) is 24.2 Å². The molecule has 0 saturated carbocycles. The van der Waals surface area contributed by atoms with Crippen LogP contribution in [-0.2, 0) is 14.3 Å². The Labute approximate surface area is 211 Å². The van der Waals surface area contributed by atoms with Crippen molar-refractivity contribution in [3.63, 3.8) is 0 Å². The quantitative estimate of drug-likeness (QED) is 0.459. The van der Waals surface area contributed by atoms with Crippen molar-refractivity contribution in [3.8, 4) is 11.5 Å². The van der Waals surface area contributed by atoms with Gasteiger partial charge < -0.3 is 14.2 Å². The molecule has 1 aliphatic carbocycles. The number of hydrogen-bond donors (Lipinski definition) is 0. The van der Waals surface area contributed by atoms with Gasteiger partial charge in [0.1, 0.15) is 11.7 Å². The average molecular weight is 494 g/mol. The van der Waals surface area contributed by atoms with Crippen LogP contribution in [0.5, 0.6) is 11.5 Å². The topological polar surface area (TPSA) is 74.2 Å². The van der Waals surface area contributed by atoms with Crippen LogP contribution < -0.4 is 9.47 Å². The van der Waals surface area contributed by atoms with Crippen molar-refractivity contribution in [2.75, 3.05) is 14.2 Å². The number of ketones is 1. The van der Waals surface area contributed by atoms with Crippen molar-refractivity contribution < 1.29 is 28.2 Å². The molecule has 0 N–H and O–H groups in total. The zero-order valence-electron chi connectivity index (χ0n) is 21.3. The molecule has 36 heavy (non-hydrogen) atoms. The number of hydrogen-bond acceptors (Lipinski definition) is 6. The lowest BCUT2D eigenvalue weighted by Crippen LogP contribution is -2.39. The summed E-state index contributed by atoms with van der Waals surface area (Å²) in [6, 6.07) is 11.8. The molecule has 2 aromatic carbocycles. The fourth-order valence-corrected chi connectivity index (χ4v) is 5.12.